The van der Waals surface area contributed by atoms with E-state index in [1.807, 2.05) is 49.3 Å². The molecule has 6 heteroatoms. The summed E-state index contributed by atoms with van der Waals surface area (Å²) < 4.78 is 13.7. The number of rotatable bonds is 4. The normalized spacial score (nSPS) is 18.5. The number of amides is 1. The van der Waals surface area contributed by atoms with Crippen LogP contribution in [0.4, 0.5) is 15.8 Å². The Balaban J connectivity index is 1.71. The van der Waals surface area contributed by atoms with E-state index < -0.39 is 0 Å². The zero-order chi connectivity index (χ0) is 17.1. The van der Waals surface area contributed by atoms with Crippen molar-refractivity contribution < 1.29 is 9.18 Å². The zero-order valence-corrected chi connectivity index (χ0v) is 14.2. The molecule has 1 amide bonds. The van der Waals surface area contributed by atoms with Crippen LogP contribution in [0.3, 0.4) is 0 Å². The van der Waals surface area contributed by atoms with E-state index in [-0.39, 0.29) is 17.2 Å². The van der Waals surface area contributed by atoms with Gasteiger partial charge in [-0.25, -0.2) is 4.39 Å². The number of carbonyl (C=O) groups is 1. The third-order valence-corrected chi connectivity index (χ3v) is 4.63. The van der Waals surface area contributed by atoms with Gasteiger partial charge in [0.1, 0.15) is 5.82 Å². The molecule has 1 heterocycles. The summed E-state index contributed by atoms with van der Waals surface area (Å²) in [6.07, 6.45) is 1.84. The van der Waals surface area contributed by atoms with Gasteiger partial charge in [0, 0.05) is 19.8 Å². The number of benzene rings is 2. The summed E-state index contributed by atoms with van der Waals surface area (Å²) in [4.78, 5) is 14.7. The molecule has 3 rings (SSSR count). The van der Waals surface area contributed by atoms with Gasteiger partial charge in [-0.05, 0) is 35.9 Å². The molecule has 2 aromatic rings. The summed E-state index contributed by atoms with van der Waals surface area (Å²) in [5.74, 6) is -0.505. The summed E-state index contributed by atoms with van der Waals surface area (Å²) in [5, 5.41) is 5.79. The lowest BCUT2D eigenvalue weighted by Gasteiger charge is -2.13. The van der Waals surface area contributed by atoms with E-state index in [4.69, 9.17) is 0 Å². The molecule has 1 aliphatic heterocycles. The van der Waals surface area contributed by atoms with E-state index in [0.29, 0.717) is 10.6 Å². The van der Waals surface area contributed by atoms with Gasteiger partial charge >= 0.3 is 0 Å². The highest BCUT2D eigenvalue weighted by Crippen LogP contribution is 2.31. The maximum atomic E-state index is 13.7. The zero-order valence-electron chi connectivity index (χ0n) is 13.4. The molecule has 124 valence electrons. The second kappa shape index (κ2) is 6.97. The van der Waals surface area contributed by atoms with E-state index in [2.05, 4.69) is 10.6 Å². The SMILES string of the molecule is CN(C)c1ccc(/C=C2\SC(Nc3ccccc3F)NC2=O)cc1. The monoisotopic (exact) mass is 343 g/mol. The Morgan fingerprint density at radius 2 is 1.88 bits per heavy atom. The van der Waals surface area contributed by atoms with Gasteiger partial charge < -0.3 is 15.5 Å². The molecule has 24 heavy (non-hydrogen) atoms. The number of nitrogens with zero attached hydrogens (tertiary/aromatic N) is 1. The van der Waals surface area contributed by atoms with Gasteiger partial charge in [-0.2, -0.15) is 0 Å². The van der Waals surface area contributed by atoms with Crippen LogP contribution in [-0.4, -0.2) is 25.5 Å². The number of anilines is 2. The Morgan fingerprint density at radius 1 is 1.17 bits per heavy atom. The number of para-hydroxylation sites is 1. The summed E-state index contributed by atoms with van der Waals surface area (Å²) in [5.41, 5.74) is 2.03. The number of carbonyl (C=O) groups excluding carboxylic acids is 1. The van der Waals surface area contributed by atoms with Crippen LogP contribution in [0.1, 0.15) is 5.56 Å². The first-order chi connectivity index (χ1) is 11.5. The van der Waals surface area contributed by atoms with Gasteiger partial charge in [0.2, 0.25) is 0 Å². The lowest BCUT2D eigenvalue weighted by atomic mass is 10.2. The molecule has 2 N–H and O–H groups in total. The van der Waals surface area contributed by atoms with Crippen molar-refractivity contribution in [1.82, 2.24) is 5.32 Å². The predicted octanol–water partition coefficient (Wildman–Crippen LogP) is 3.49. The fraction of sp³-hybridized carbons (Fsp3) is 0.167. The molecule has 0 bridgehead atoms. The quantitative estimate of drug-likeness (QED) is 0.834. The predicted molar refractivity (Wildman–Crippen MR) is 98.3 cm³/mol. The Morgan fingerprint density at radius 3 is 2.54 bits per heavy atom. The molecule has 4 nitrogen and oxygen atoms in total. The van der Waals surface area contributed by atoms with E-state index >= 15 is 0 Å². The van der Waals surface area contributed by atoms with Crippen molar-refractivity contribution in [2.24, 2.45) is 0 Å². The van der Waals surface area contributed by atoms with Crippen molar-refractivity contribution >= 4 is 35.1 Å². The van der Waals surface area contributed by atoms with Crippen LogP contribution >= 0.6 is 11.8 Å². The van der Waals surface area contributed by atoms with Crippen molar-refractivity contribution in [3.8, 4) is 0 Å². The standard InChI is InChI=1S/C18H18FN3OS/c1-22(2)13-9-7-12(8-10-13)11-16-17(23)21-18(24-16)20-15-6-4-3-5-14(15)19/h3-11,18,20H,1-2H3,(H,21,23)/b16-11-. The number of nitrogens with one attached hydrogen (secondary N) is 2. The van der Waals surface area contributed by atoms with Crippen LogP contribution in [0.5, 0.6) is 0 Å². The minimum absolute atomic E-state index is 0.162. The van der Waals surface area contributed by atoms with Gasteiger partial charge in [0.15, 0.2) is 5.50 Å². The van der Waals surface area contributed by atoms with Gasteiger partial charge in [-0.1, -0.05) is 36.0 Å². The summed E-state index contributed by atoms with van der Waals surface area (Å²) >= 11 is 1.34. The molecular formula is C18H18FN3OS. The average Bonchev–Trinajstić information content (AvgIpc) is 2.90. The fourth-order valence-corrected chi connectivity index (χ4v) is 3.28. The second-order valence-corrected chi connectivity index (χ2v) is 6.74. The summed E-state index contributed by atoms with van der Waals surface area (Å²) in [7, 11) is 3.96. The van der Waals surface area contributed by atoms with Crippen molar-refractivity contribution in [3.63, 3.8) is 0 Å². The number of thioether (sulfide) groups is 1. The van der Waals surface area contributed by atoms with E-state index in [9.17, 15) is 9.18 Å². The molecule has 1 unspecified atom stereocenters. The molecule has 1 aliphatic rings. The Kier molecular flexibility index (Phi) is 4.76. The highest BCUT2D eigenvalue weighted by Gasteiger charge is 2.27. The third kappa shape index (κ3) is 3.71. The molecule has 0 saturated carbocycles. The summed E-state index contributed by atoms with van der Waals surface area (Å²) in [6, 6.07) is 14.3. The molecule has 1 saturated heterocycles. The first-order valence-electron chi connectivity index (χ1n) is 7.50. The average molecular weight is 343 g/mol. The lowest BCUT2D eigenvalue weighted by molar-refractivity contribution is -0.116. The third-order valence-electron chi connectivity index (χ3n) is 3.60. The van der Waals surface area contributed by atoms with Crippen molar-refractivity contribution in [2.75, 3.05) is 24.3 Å². The van der Waals surface area contributed by atoms with Gasteiger partial charge in [0.05, 0.1) is 10.6 Å². The van der Waals surface area contributed by atoms with Crippen LogP contribution in [0.15, 0.2) is 53.4 Å². The summed E-state index contributed by atoms with van der Waals surface area (Å²) in [6.45, 7) is 0. The molecular weight excluding hydrogens is 325 g/mol. The van der Waals surface area contributed by atoms with E-state index in [1.165, 1.54) is 17.8 Å². The molecule has 1 atom stereocenters. The highest BCUT2D eigenvalue weighted by molar-refractivity contribution is 8.05. The van der Waals surface area contributed by atoms with Crippen LogP contribution in [0.25, 0.3) is 6.08 Å². The van der Waals surface area contributed by atoms with Gasteiger partial charge in [-0.3, -0.25) is 4.79 Å². The maximum absolute atomic E-state index is 13.7. The molecule has 0 radical (unpaired) electrons. The Labute approximate surface area is 144 Å². The number of halogens is 1. The highest BCUT2D eigenvalue weighted by atomic mass is 32.2. The van der Waals surface area contributed by atoms with Crippen LogP contribution in [0, 0.1) is 5.82 Å². The largest absolute Gasteiger partial charge is 0.378 e. The first-order valence-corrected chi connectivity index (χ1v) is 8.38. The lowest BCUT2D eigenvalue weighted by Crippen LogP contribution is -2.31. The smallest absolute Gasteiger partial charge is 0.260 e. The van der Waals surface area contributed by atoms with E-state index in [1.54, 1.807) is 18.2 Å². The van der Waals surface area contributed by atoms with Gasteiger partial charge in [-0.15, -0.1) is 0 Å². The van der Waals surface area contributed by atoms with E-state index in [0.717, 1.165) is 11.3 Å². The minimum atomic E-state index is -0.387. The molecule has 0 aromatic heterocycles. The number of hydrogen-bond donors (Lipinski definition) is 2. The molecule has 1 fully saturated rings. The van der Waals surface area contributed by atoms with Crippen LogP contribution < -0.4 is 15.5 Å². The van der Waals surface area contributed by atoms with Crippen LogP contribution in [0.2, 0.25) is 0 Å². The molecule has 0 aliphatic carbocycles. The minimum Gasteiger partial charge on any atom is -0.378 e. The topological polar surface area (TPSA) is 44.4 Å². The van der Waals surface area contributed by atoms with Crippen molar-refractivity contribution in [1.29, 1.82) is 0 Å². The Hall–Kier alpha value is -2.47. The van der Waals surface area contributed by atoms with Gasteiger partial charge in [0.25, 0.3) is 5.91 Å². The number of hydrogen-bond acceptors (Lipinski definition) is 4. The first kappa shape index (κ1) is 16.4. The van der Waals surface area contributed by atoms with Crippen LogP contribution in [-0.2, 0) is 4.79 Å². The molecule has 0 spiro atoms. The fourth-order valence-electron chi connectivity index (χ4n) is 2.30. The molecule has 2 aromatic carbocycles. The Bertz CT molecular complexity index is 774. The maximum Gasteiger partial charge on any atom is 0.260 e. The van der Waals surface area contributed by atoms with Crippen molar-refractivity contribution in [2.45, 2.75) is 5.50 Å². The second-order valence-electron chi connectivity index (χ2n) is 5.59. The van der Waals surface area contributed by atoms with Crippen molar-refractivity contribution in [3.05, 3.63) is 64.8 Å².